The summed E-state index contributed by atoms with van der Waals surface area (Å²) >= 11 is 1.07. The van der Waals surface area contributed by atoms with E-state index in [1.807, 2.05) is 6.07 Å². The van der Waals surface area contributed by atoms with Gasteiger partial charge in [-0.25, -0.2) is 9.37 Å². The molecule has 31 heavy (non-hydrogen) atoms. The predicted octanol–water partition coefficient (Wildman–Crippen LogP) is 4.76. The molecule has 162 valence electrons. The van der Waals surface area contributed by atoms with Crippen molar-refractivity contribution in [1.82, 2.24) is 4.98 Å². The third-order valence-electron chi connectivity index (χ3n) is 4.98. The van der Waals surface area contributed by atoms with Crippen LogP contribution in [0, 0.1) is 17.6 Å². The number of aryl methyl sites for hydroxylation is 1. The van der Waals surface area contributed by atoms with Crippen LogP contribution in [0.4, 0.5) is 14.5 Å². The number of anilines is 1. The van der Waals surface area contributed by atoms with Crippen molar-refractivity contribution in [3.63, 3.8) is 0 Å². The molecule has 0 saturated heterocycles. The standard InChI is InChI=1S/C16H17N3OS.C7H6F2O/c17-21-15-10-14(7-8-18-15)19-16(20)13-6-5-11-3-1-2-4-12(11)9-13;1-10-6-4-2-3-5(8)7(6)9/h1-4,7-8,10,13H,5-6,9,17H2,(H,18,19,20);2-4H,1H3. The van der Waals surface area contributed by atoms with Crippen LogP contribution in [0.25, 0.3) is 0 Å². The highest BCUT2D eigenvalue weighted by molar-refractivity contribution is 7.97. The van der Waals surface area contributed by atoms with E-state index < -0.39 is 11.6 Å². The van der Waals surface area contributed by atoms with Crippen molar-refractivity contribution >= 4 is 23.5 Å². The lowest BCUT2D eigenvalue weighted by molar-refractivity contribution is -0.120. The molecule has 0 spiro atoms. The van der Waals surface area contributed by atoms with Crippen molar-refractivity contribution in [3.05, 3.63) is 83.6 Å². The Labute approximate surface area is 184 Å². The Balaban J connectivity index is 0.000000229. The molecule has 0 aliphatic heterocycles. The highest BCUT2D eigenvalue weighted by Crippen LogP contribution is 2.26. The number of ether oxygens (including phenoxy) is 1. The minimum atomic E-state index is -0.940. The Kier molecular flexibility index (Phi) is 7.97. The number of amides is 1. The van der Waals surface area contributed by atoms with E-state index in [4.69, 9.17) is 5.14 Å². The van der Waals surface area contributed by atoms with E-state index in [0.717, 1.165) is 43.0 Å². The molecule has 0 bridgehead atoms. The number of rotatable bonds is 4. The van der Waals surface area contributed by atoms with Gasteiger partial charge in [-0.15, -0.1) is 0 Å². The van der Waals surface area contributed by atoms with E-state index in [1.165, 1.54) is 30.4 Å². The van der Waals surface area contributed by atoms with Gasteiger partial charge < -0.3 is 10.1 Å². The molecule has 0 saturated carbocycles. The van der Waals surface area contributed by atoms with Crippen LogP contribution >= 0.6 is 11.9 Å². The Morgan fingerprint density at radius 3 is 2.65 bits per heavy atom. The molecular formula is C23H23F2N3O2S. The minimum absolute atomic E-state index is 0.0297. The number of carbonyl (C=O) groups excluding carboxylic acids is 1. The molecule has 1 aliphatic rings. The first kappa shape index (κ1) is 22.7. The third kappa shape index (κ3) is 6.02. The maximum atomic E-state index is 12.5. The van der Waals surface area contributed by atoms with E-state index in [0.29, 0.717) is 5.03 Å². The number of benzene rings is 2. The van der Waals surface area contributed by atoms with Crippen molar-refractivity contribution in [2.75, 3.05) is 12.4 Å². The number of fused-ring (bicyclic) bond motifs is 1. The lowest BCUT2D eigenvalue weighted by Gasteiger charge is -2.23. The number of carbonyl (C=O) groups is 1. The molecule has 2 aromatic carbocycles. The van der Waals surface area contributed by atoms with Crippen LogP contribution < -0.4 is 15.2 Å². The summed E-state index contributed by atoms with van der Waals surface area (Å²) < 4.78 is 29.3. The predicted molar refractivity (Wildman–Crippen MR) is 118 cm³/mol. The first-order chi connectivity index (χ1) is 15.0. The summed E-state index contributed by atoms with van der Waals surface area (Å²) in [4.78, 5) is 16.5. The van der Waals surface area contributed by atoms with Gasteiger partial charge in [0, 0.05) is 17.8 Å². The van der Waals surface area contributed by atoms with Gasteiger partial charge in [-0.2, -0.15) is 4.39 Å². The quantitative estimate of drug-likeness (QED) is 0.569. The molecule has 4 rings (SSSR count). The topological polar surface area (TPSA) is 77.2 Å². The fourth-order valence-electron chi connectivity index (χ4n) is 3.36. The first-order valence-corrected chi connectivity index (χ1v) is 10.6. The molecular weight excluding hydrogens is 420 g/mol. The zero-order valence-corrected chi connectivity index (χ0v) is 17.8. The number of pyridine rings is 1. The van der Waals surface area contributed by atoms with Crippen LogP contribution in [0.1, 0.15) is 17.5 Å². The first-order valence-electron chi connectivity index (χ1n) is 9.70. The number of nitrogens with zero attached hydrogens (tertiary/aromatic N) is 1. The lowest BCUT2D eigenvalue weighted by Crippen LogP contribution is -2.28. The maximum Gasteiger partial charge on any atom is 0.227 e. The Hall–Kier alpha value is -2.97. The molecule has 3 N–H and O–H groups in total. The highest BCUT2D eigenvalue weighted by atomic mass is 32.2. The van der Waals surface area contributed by atoms with E-state index in [-0.39, 0.29) is 17.6 Å². The molecule has 3 aromatic rings. The van der Waals surface area contributed by atoms with Gasteiger partial charge in [0.05, 0.1) is 7.11 Å². The molecule has 1 aliphatic carbocycles. The Morgan fingerprint density at radius 2 is 1.94 bits per heavy atom. The SMILES string of the molecule is COc1cccc(F)c1F.NSc1cc(NC(=O)C2CCc3ccccc3C2)ccn1. The number of methoxy groups -OCH3 is 1. The largest absolute Gasteiger partial charge is 0.494 e. The Bertz CT molecular complexity index is 1050. The minimum Gasteiger partial charge on any atom is -0.494 e. The summed E-state index contributed by atoms with van der Waals surface area (Å²) in [6.45, 7) is 0. The molecule has 0 radical (unpaired) electrons. The summed E-state index contributed by atoms with van der Waals surface area (Å²) in [7, 11) is 1.29. The highest BCUT2D eigenvalue weighted by Gasteiger charge is 2.24. The van der Waals surface area contributed by atoms with Crippen molar-refractivity contribution in [3.8, 4) is 5.75 Å². The van der Waals surface area contributed by atoms with Gasteiger partial charge in [0.25, 0.3) is 0 Å². The number of aromatic nitrogens is 1. The third-order valence-corrected chi connectivity index (χ3v) is 5.44. The summed E-state index contributed by atoms with van der Waals surface area (Å²) in [5, 5.41) is 9.15. The van der Waals surface area contributed by atoms with Gasteiger partial charge in [-0.1, -0.05) is 30.3 Å². The van der Waals surface area contributed by atoms with E-state index in [9.17, 15) is 13.6 Å². The van der Waals surface area contributed by atoms with Gasteiger partial charge in [-0.05, 0) is 66.6 Å². The second kappa shape index (κ2) is 10.9. The van der Waals surface area contributed by atoms with Crippen LogP contribution in [0.3, 0.4) is 0 Å². The van der Waals surface area contributed by atoms with Crippen LogP contribution in [0.15, 0.2) is 65.8 Å². The fourth-order valence-corrected chi connectivity index (χ4v) is 3.68. The maximum absolute atomic E-state index is 12.5. The average Bonchev–Trinajstić information content (AvgIpc) is 2.81. The van der Waals surface area contributed by atoms with Crippen molar-refractivity contribution in [1.29, 1.82) is 0 Å². The van der Waals surface area contributed by atoms with Crippen molar-refractivity contribution in [2.24, 2.45) is 11.1 Å². The van der Waals surface area contributed by atoms with Gasteiger partial charge in [-0.3, -0.25) is 9.93 Å². The second-order valence-electron chi connectivity index (χ2n) is 6.95. The van der Waals surface area contributed by atoms with E-state index in [2.05, 4.69) is 33.2 Å². The normalized spacial score (nSPS) is 14.6. The second-order valence-corrected chi connectivity index (χ2v) is 7.61. The molecule has 1 aromatic heterocycles. The molecule has 1 atom stereocenters. The number of hydrogen-bond donors (Lipinski definition) is 2. The number of hydrogen-bond acceptors (Lipinski definition) is 5. The summed E-state index contributed by atoms with van der Waals surface area (Å²) in [6.07, 6.45) is 4.33. The lowest BCUT2D eigenvalue weighted by atomic mass is 9.83. The molecule has 8 heteroatoms. The molecule has 1 heterocycles. The van der Waals surface area contributed by atoms with Gasteiger partial charge in [0.15, 0.2) is 11.6 Å². The fraction of sp³-hybridized carbons (Fsp3) is 0.217. The summed E-state index contributed by atoms with van der Waals surface area (Å²) in [6, 6.07) is 15.7. The summed E-state index contributed by atoms with van der Waals surface area (Å²) in [5.74, 6) is -1.80. The zero-order chi connectivity index (χ0) is 22.2. The van der Waals surface area contributed by atoms with Crippen molar-refractivity contribution < 1.29 is 18.3 Å². The van der Waals surface area contributed by atoms with Gasteiger partial charge >= 0.3 is 0 Å². The number of nitrogens with two attached hydrogens (primary N) is 1. The van der Waals surface area contributed by atoms with Crippen LogP contribution in [-0.2, 0) is 17.6 Å². The van der Waals surface area contributed by atoms with Gasteiger partial charge in [0.2, 0.25) is 11.7 Å². The molecule has 1 unspecified atom stereocenters. The van der Waals surface area contributed by atoms with Gasteiger partial charge in [0.1, 0.15) is 5.03 Å². The molecule has 1 amide bonds. The summed E-state index contributed by atoms with van der Waals surface area (Å²) in [5.41, 5.74) is 3.41. The van der Waals surface area contributed by atoms with Crippen LogP contribution in [0.5, 0.6) is 5.75 Å². The smallest absolute Gasteiger partial charge is 0.227 e. The van der Waals surface area contributed by atoms with Crippen molar-refractivity contribution in [2.45, 2.75) is 24.3 Å². The van der Waals surface area contributed by atoms with Crippen LogP contribution in [-0.4, -0.2) is 18.0 Å². The van der Waals surface area contributed by atoms with E-state index in [1.54, 1.807) is 18.3 Å². The number of halogens is 2. The number of nitrogens with one attached hydrogen (secondary N) is 1. The zero-order valence-electron chi connectivity index (χ0n) is 17.0. The Morgan fingerprint density at radius 1 is 1.16 bits per heavy atom. The molecule has 5 nitrogen and oxygen atoms in total. The molecule has 0 fully saturated rings. The van der Waals surface area contributed by atoms with Crippen LogP contribution in [0.2, 0.25) is 0 Å². The van der Waals surface area contributed by atoms with E-state index >= 15 is 0 Å². The monoisotopic (exact) mass is 443 g/mol. The average molecular weight is 444 g/mol.